The molecule has 2 aromatic carbocycles. The molecule has 0 aromatic heterocycles. The highest BCUT2D eigenvalue weighted by Gasteiger charge is 2.15. The Hall–Kier alpha value is -2.74. The van der Waals surface area contributed by atoms with Crippen LogP contribution in [0.3, 0.4) is 0 Å². The second-order valence-corrected chi connectivity index (χ2v) is 6.92. The Morgan fingerprint density at radius 1 is 1.04 bits per heavy atom. The lowest BCUT2D eigenvalue weighted by Gasteiger charge is -2.15. The van der Waals surface area contributed by atoms with Crippen LogP contribution in [-0.2, 0) is 9.59 Å². The van der Waals surface area contributed by atoms with Gasteiger partial charge in [-0.15, -0.1) is 11.8 Å². The van der Waals surface area contributed by atoms with Gasteiger partial charge in [0.1, 0.15) is 17.3 Å². The Balaban J connectivity index is 1.67. The summed E-state index contributed by atoms with van der Waals surface area (Å²) in [5.74, 6) is 0.660. The first-order valence-corrected chi connectivity index (χ1v) is 9.83. The number of hydrazine groups is 1. The lowest BCUT2D eigenvalue weighted by molar-refractivity contribution is -0.132. The van der Waals surface area contributed by atoms with Crippen molar-refractivity contribution in [1.29, 1.82) is 0 Å². The SMILES string of the molecule is CCOc1ccc(O[C@H](C)C(=O)NNC(=O)CCSc2ccc(F)cc2)cc1. The summed E-state index contributed by atoms with van der Waals surface area (Å²) in [6.07, 6.45) is -0.581. The number of nitrogens with one attached hydrogen (secondary N) is 2. The van der Waals surface area contributed by atoms with Crippen LogP contribution in [0.1, 0.15) is 20.3 Å². The normalized spacial score (nSPS) is 11.4. The zero-order chi connectivity index (χ0) is 20.4. The summed E-state index contributed by atoms with van der Waals surface area (Å²) in [5, 5.41) is 0. The summed E-state index contributed by atoms with van der Waals surface area (Å²) in [6.45, 7) is 4.05. The number of hydrogen-bond donors (Lipinski definition) is 2. The van der Waals surface area contributed by atoms with Gasteiger partial charge >= 0.3 is 0 Å². The molecule has 0 spiro atoms. The maximum atomic E-state index is 12.8. The predicted octanol–water partition coefficient (Wildman–Crippen LogP) is 3.32. The molecule has 2 rings (SSSR count). The number of hydrogen-bond acceptors (Lipinski definition) is 5. The van der Waals surface area contributed by atoms with Gasteiger partial charge in [0.25, 0.3) is 5.91 Å². The molecule has 0 aliphatic rings. The fraction of sp³-hybridized carbons (Fsp3) is 0.300. The van der Waals surface area contributed by atoms with Gasteiger partial charge in [-0.3, -0.25) is 20.4 Å². The molecule has 150 valence electrons. The summed E-state index contributed by atoms with van der Waals surface area (Å²) in [6, 6.07) is 13.0. The second-order valence-electron chi connectivity index (χ2n) is 5.75. The lowest BCUT2D eigenvalue weighted by atomic mass is 10.3. The van der Waals surface area contributed by atoms with Crippen LogP contribution >= 0.6 is 11.8 Å². The van der Waals surface area contributed by atoms with E-state index in [0.717, 1.165) is 10.6 Å². The minimum Gasteiger partial charge on any atom is -0.494 e. The fourth-order valence-corrected chi connectivity index (χ4v) is 2.98. The molecule has 0 saturated carbocycles. The van der Waals surface area contributed by atoms with E-state index >= 15 is 0 Å². The molecule has 8 heteroatoms. The summed E-state index contributed by atoms with van der Waals surface area (Å²) in [7, 11) is 0. The molecule has 0 aliphatic heterocycles. The van der Waals surface area contributed by atoms with Crippen molar-refractivity contribution in [3.8, 4) is 11.5 Å². The highest BCUT2D eigenvalue weighted by molar-refractivity contribution is 7.99. The van der Waals surface area contributed by atoms with Crippen molar-refractivity contribution >= 4 is 23.6 Å². The lowest BCUT2D eigenvalue weighted by Crippen LogP contribution is -2.47. The van der Waals surface area contributed by atoms with Crippen LogP contribution in [0.2, 0.25) is 0 Å². The summed E-state index contributed by atoms with van der Waals surface area (Å²) in [5.41, 5.74) is 4.70. The maximum Gasteiger partial charge on any atom is 0.279 e. The monoisotopic (exact) mass is 406 g/mol. The van der Waals surface area contributed by atoms with Crippen LogP contribution in [-0.4, -0.2) is 30.3 Å². The van der Waals surface area contributed by atoms with Crippen molar-refractivity contribution in [1.82, 2.24) is 10.9 Å². The molecule has 6 nitrogen and oxygen atoms in total. The van der Waals surface area contributed by atoms with Crippen LogP contribution in [0.4, 0.5) is 4.39 Å². The fourth-order valence-electron chi connectivity index (χ4n) is 2.13. The van der Waals surface area contributed by atoms with Crippen LogP contribution in [0.25, 0.3) is 0 Å². The van der Waals surface area contributed by atoms with Gasteiger partial charge in [-0.25, -0.2) is 4.39 Å². The highest BCUT2D eigenvalue weighted by atomic mass is 32.2. The number of halogens is 1. The van der Waals surface area contributed by atoms with Gasteiger partial charge in [0, 0.05) is 17.1 Å². The number of ether oxygens (including phenoxy) is 2. The van der Waals surface area contributed by atoms with Gasteiger partial charge in [0.15, 0.2) is 6.10 Å². The Morgan fingerprint density at radius 3 is 2.32 bits per heavy atom. The largest absolute Gasteiger partial charge is 0.494 e. The van der Waals surface area contributed by atoms with E-state index in [0.29, 0.717) is 18.1 Å². The molecule has 0 unspecified atom stereocenters. The van der Waals surface area contributed by atoms with Crippen molar-refractivity contribution in [3.63, 3.8) is 0 Å². The molecule has 0 saturated heterocycles. The third-order valence-corrected chi connectivity index (χ3v) is 4.57. The van der Waals surface area contributed by atoms with E-state index in [1.54, 1.807) is 43.3 Å². The van der Waals surface area contributed by atoms with Gasteiger partial charge in [-0.1, -0.05) is 0 Å². The molecule has 0 bridgehead atoms. The Kier molecular flexibility index (Phi) is 8.61. The summed E-state index contributed by atoms with van der Waals surface area (Å²) in [4.78, 5) is 24.7. The van der Waals surface area contributed by atoms with Crippen molar-refractivity contribution in [2.75, 3.05) is 12.4 Å². The van der Waals surface area contributed by atoms with Gasteiger partial charge < -0.3 is 9.47 Å². The average molecular weight is 406 g/mol. The molecule has 0 fully saturated rings. The zero-order valence-corrected chi connectivity index (χ0v) is 16.6. The third-order valence-electron chi connectivity index (χ3n) is 3.55. The molecule has 0 aliphatic carbocycles. The second kappa shape index (κ2) is 11.2. The van der Waals surface area contributed by atoms with Crippen molar-refractivity contribution in [3.05, 3.63) is 54.3 Å². The van der Waals surface area contributed by atoms with Crippen LogP contribution in [0.15, 0.2) is 53.4 Å². The smallest absolute Gasteiger partial charge is 0.279 e. The number of amides is 2. The third kappa shape index (κ3) is 7.48. The van der Waals surface area contributed by atoms with E-state index in [1.807, 2.05) is 6.92 Å². The molecule has 0 heterocycles. The number of rotatable bonds is 9. The topological polar surface area (TPSA) is 76.7 Å². The van der Waals surface area contributed by atoms with E-state index in [-0.39, 0.29) is 18.1 Å². The van der Waals surface area contributed by atoms with Crippen molar-refractivity contribution in [2.45, 2.75) is 31.3 Å². The molecular weight excluding hydrogens is 383 g/mol. The molecular formula is C20H23FN2O4S. The van der Waals surface area contributed by atoms with E-state index in [9.17, 15) is 14.0 Å². The first-order chi connectivity index (χ1) is 13.5. The Labute approximate surface area is 167 Å². The van der Waals surface area contributed by atoms with E-state index in [2.05, 4.69) is 10.9 Å². The standard InChI is InChI=1S/C20H23FN2O4S/c1-3-26-16-6-8-17(9-7-16)27-14(2)20(25)23-22-19(24)12-13-28-18-10-4-15(21)5-11-18/h4-11,14H,3,12-13H2,1-2H3,(H,22,24)(H,23,25)/t14-/m1/s1. The van der Waals surface area contributed by atoms with Crippen molar-refractivity contribution in [2.24, 2.45) is 0 Å². The van der Waals surface area contributed by atoms with E-state index < -0.39 is 12.0 Å². The summed E-state index contributed by atoms with van der Waals surface area (Å²) < 4.78 is 23.7. The number of carbonyl (C=O) groups is 2. The summed E-state index contributed by atoms with van der Waals surface area (Å²) >= 11 is 1.43. The van der Waals surface area contributed by atoms with Gasteiger partial charge in [0.05, 0.1) is 6.61 Å². The number of thioether (sulfide) groups is 1. The molecule has 28 heavy (non-hydrogen) atoms. The first-order valence-electron chi connectivity index (χ1n) is 8.84. The molecule has 2 N–H and O–H groups in total. The van der Waals surface area contributed by atoms with Crippen LogP contribution < -0.4 is 20.3 Å². The molecule has 2 amide bonds. The van der Waals surface area contributed by atoms with Gasteiger partial charge in [-0.05, 0) is 62.4 Å². The molecule has 2 aromatic rings. The first kappa shape index (κ1) is 21.6. The Morgan fingerprint density at radius 2 is 1.68 bits per heavy atom. The van der Waals surface area contributed by atoms with Gasteiger partial charge in [0.2, 0.25) is 5.91 Å². The van der Waals surface area contributed by atoms with Crippen molar-refractivity contribution < 1.29 is 23.5 Å². The quantitative estimate of drug-likeness (QED) is 0.494. The predicted molar refractivity (Wildman–Crippen MR) is 106 cm³/mol. The molecule has 0 radical (unpaired) electrons. The Bertz CT molecular complexity index is 769. The number of benzene rings is 2. The zero-order valence-electron chi connectivity index (χ0n) is 15.7. The average Bonchev–Trinajstić information content (AvgIpc) is 2.69. The molecule has 1 atom stereocenters. The van der Waals surface area contributed by atoms with Crippen LogP contribution in [0, 0.1) is 5.82 Å². The van der Waals surface area contributed by atoms with Gasteiger partial charge in [-0.2, -0.15) is 0 Å². The minimum atomic E-state index is -0.785. The highest BCUT2D eigenvalue weighted by Crippen LogP contribution is 2.19. The van der Waals surface area contributed by atoms with E-state index in [4.69, 9.17) is 9.47 Å². The number of carbonyl (C=O) groups excluding carboxylic acids is 2. The van der Waals surface area contributed by atoms with Crippen LogP contribution in [0.5, 0.6) is 11.5 Å². The van der Waals surface area contributed by atoms with E-state index in [1.165, 1.54) is 23.9 Å². The minimum absolute atomic E-state index is 0.205. The maximum absolute atomic E-state index is 12.8.